The fraction of sp³-hybridized carbons (Fsp3) is 0.636. The predicted molar refractivity (Wildman–Crippen MR) is 127 cm³/mol. The summed E-state index contributed by atoms with van der Waals surface area (Å²) in [4.78, 5) is 31.2. The maximum absolute atomic E-state index is 10.6. The molecular formula is C22H30F6N8O4. The molecule has 1 unspecified atom stereocenters. The average Bonchev–Trinajstić information content (AvgIpc) is 3.15. The first kappa shape index (κ1) is 32.7. The summed E-state index contributed by atoms with van der Waals surface area (Å²) in [6.07, 6.45) is 0.913. The topological polar surface area (TPSA) is 150 Å². The van der Waals surface area contributed by atoms with E-state index in [1.165, 1.54) is 19.3 Å². The summed E-state index contributed by atoms with van der Waals surface area (Å²) in [5, 5.41) is 26.5. The maximum Gasteiger partial charge on any atom is 0.490 e. The molecule has 2 saturated heterocycles. The summed E-state index contributed by atoms with van der Waals surface area (Å²) in [5.74, 6) is -3.96. The highest BCUT2D eigenvalue weighted by Crippen LogP contribution is 2.22. The standard InChI is InChI=1S/C18H28N8.2C2HF3O2/c1-3-16(12-25(9-1)18-11-20-5-6-21-18)13-26-15-17(22-23-26)14-24-8-2-4-19-7-10-24;2*3-2(4,5)1(6)7/h5-6,11,15-16,19H,1-4,7-10,12-14H2;2*(H,6,7). The van der Waals surface area contributed by atoms with E-state index < -0.39 is 24.3 Å². The highest BCUT2D eigenvalue weighted by molar-refractivity contribution is 5.73. The number of rotatable bonds is 5. The second-order valence-electron chi connectivity index (χ2n) is 8.94. The van der Waals surface area contributed by atoms with Gasteiger partial charge in [0.2, 0.25) is 0 Å². The third-order valence-corrected chi connectivity index (χ3v) is 5.73. The number of piperidine rings is 1. The molecule has 2 aliphatic heterocycles. The molecule has 0 aliphatic carbocycles. The first-order chi connectivity index (χ1) is 18.8. The lowest BCUT2D eigenvalue weighted by Crippen LogP contribution is -2.37. The van der Waals surface area contributed by atoms with E-state index in [9.17, 15) is 26.3 Å². The normalized spacial score (nSPS) is 18.4. The van der Waals surface area contributed by atoms with Crippen LogP contribution in [0.1, 0.15) is 25.0 Å². The van der Waals surface area contributed by atoms with Gasteiger partial charge in [0, 0.05) is 57.9 Å². The van der Waals surface area contributed by atoms with Crippen LogP contribution in [0.15, 0.2) is 24.8 Å². The Kier molecular flexibility index (Phi) is 12.5. The third kappa shape index (κ3) is 12.1. The van der Waals surface area contributed by atoms with Crippen LogP contribution in [-0.4, -0.2) is 104 Å². The van der Waals surface area contributed by atoms with Crippen LogP contribution in [0.25, 0.3) is 0 Å². The van der Waals surface area contributed by atoms with E-state index in [0.717, 1.165) is 63.9 Å². The van der Waals surface area contributed by atoms with Crippen LogP contribution < -0.4 is 10.2 Å². The van der Waals surface area contributed by atoms with Gasteiger partial charge in [-0.15, -0.1) is 5.10 Å². The monoisotopic (exact) mass is 584 g/mol. The van der Waals surface area contributed by atoms with E-state index in [4.69, 9.17) is 19.8 Å². The minimum absolute atomic E-state index is 0.572. The molecule has 2 aromatic heterocycles. The van der Waals surface area contributed by atoms with Gasteiger partial charge >= 0.3 is 24.3 Å². The minimum atomic E-state index is -5.08. The van der Waals surface area contributed by atoms with Gasteiger partial charge in [0.1, 0.15) is 5.82 Å². The molecule has 2 fully saturated rings. The summed E-state index contributed by atoms with van der Waals surface area (Å²) in [7, 11) is 0. The molecule has 3 N–H and O–H groups in total. The lowest BCUT2D eigenvalue weighted by molar-refractivity contribution is -0.193. The Labute approximate surface area is 225 Å². The Morgan fingerprint density at radius 1 is 0.975 bits per heavy atom. The molecule has 0 radical (unpaired) electrons. The number of halogens is 6. The molecule has 224 valence electrons. The molecule has 0 saturated carbocycles. The van der Waals surface area contributed by atoms with Crippen molar-refractivity contribution in [2.45, 2.75) is 44.7 Å². The van der Waals surface area contributed by atoms with Gasteiger partial charge in [-0.3, -0.25) is 14.6 Å². The number of nitrogens with one attached hydrogen (secondary N) is 1. The number of carbonyl (C=O) groups is 2. The summed E-state index contributed by atoms with van der Waals surface area (Å²) >= 11 is 0. The lowest BCUT2D eigenvalue weighted by Gasteiger charge is -2.33. The van der Waals surface area contributed by atoms with Gasteiger partial charge in [0.25, 0.3) is 0 Å². The summed E-state index contributed by atoms with van der Waals surface area (Å²) in [6, 6.07) is 0. The molecule has 4 rings (SSSR count). The fourth-order valence-corrected chi connectivity index (χ4v) is 3.93. The van der Waals surface area contributed by atoms with E-state index in [-0.39, 0.29) is 0 Å². The van der Waals surface area contributed by atoms with Crippen LogP contribution in [0, 0.1) is 5.92 Å². The molecule has 18 heteroatoms. The molecule has 40 heavy (non-hydrogen) atoms. The minimum Gasteiger partial charge on any atom is -0.475 e. The van der Waals surface area contributed by atoms with Crippen molar-refractivity contribution in [3.05, 3.63) is 30.5 Å². The molecule has 0 aromatic carbocycles. The van der Waals surface area contributed by atoms with E-state index >= 15 is 0 Å². The molecular weight excluding hydrogens is 554 g/mol. The summed E-state index contributed by atoms with van der Waals surface area (Å²) < 4.78 is 65.5. The van der Waals surface area contributed by atoms with Crippen LogP contribution in [-0.2, 0) is 22.7 Å². The highest BCUT2D eigenvalue weighted by Gasteiger charge is 2.38. The summed E-state index contributed by atoms with van der Waals surface area (Å²) in [6.45, 7) is 8.29. The molecule has 1 atom stereocenters. The molecule has 0 amide bonds. The van der Waals surface area contributed by atoms with E-state index in [1.54, 1.807) is 12.4 Å². The lowest BCUT2D eigenvalue weighted by atomic mass is 9.98. The molecule has 4 heterocycles. The first-order valence-corrected chi connectivity index (χ1v) is 12.2. The SMILES string of the molecule is O=C(O)C(F)(F)F.O=C(O)C(F)(F)F.c1cnc(N2CCCC(Cn3cc(CN4CCCNCC4)nn3)C2)cn1. The second kappa shape index (κ2) is 15.3. The van der Waals surface area contributed by atoms with E-state index in [0.29, 0.717) is 5.92 Å². The molecule has 2 aromatic rings. The summed E-state index contributed by atoms with van der Waals surface area (Å²) in [5.41, 5.74) is 1.08. The van der Waals surface area contributed by atoms with Crippen molar-refractivity contribution in [3.8, 4) is 0 Å². The number of alkyl halides is 6. The maximum atomic E-state index is 10.6. The molecule has 0 bridgehead atoms. The Morgan fingerprint density at radius 3 is 2.25 bits per heavy atom. The Balaban J connectivity index is 0.000000333. The Hall–Kier alpha value is -3.54. The van der Waals surface area contributed by atoms with E-state index in [2.05, 4.69) is 41.6 Å². The number of aliphatic carboxylic acids is 2. The first-order valence-electron chi connectivity index (χ1n) is 12.2. The largest absolute Gasteiger partial charge is 0.490 e. The fourth-order valence-electron chi connectivity index (χ4n) is 3.93. The van der Waals surface area contributed by atoms with Crippen LogP contribution in [0.3, 0.4) is 0 Å². The molecule has 0 spiro atoms. The Morgan fingerprint density at radius 2 is 1.65 bits per heavy atom. The van der Waals surface area contributed by atoms with Crippen LogP contribution >= 0.6 is 0 Å². The number of anilines is 1. The molecule has 12 nitrogen and oxygen atoms in total. The van der Waals surface area contributed by atoms with Gasteiger partial charge < -0.3 is 20.4 Å². The third-order valence-electron chi connectivity index (χ3n) is 5.73. The Bertz CT molecular complexity index is 1020. The van der Waals surface area contributed by atoms with Crippen molar-refractivity contribution in [1.82, 2.24) is 35.2 Å². The second-order valence-corrected chi connectivity index (χ2v) is 8.94. The zero-order valence-corrected chi connectivity index (χ0v) is 21.3. The number of hydrogen-bond acceptors (Lipinski definition) is 9. The van der Waals surface area contributed by atoms with Crippen molar-refractivity contribution in [2.75, 3.05) is 44.2 Å². The average molecular weight is 585 g/mol. The highest BCUT2D eigenvalue weighted by atomic mass is 19.4. The number of nitrogens with zero attached hydrogens (tertiary/aromatic N) is 7. The van der Waals surface area contributed by atoms with Crippen molar-refractivity contribution in [3.63, 3.8) is 0 Å². The number of hydrogen-bond donors (Lipinski definition) is 3. The number of aromatic nitrogens is 5. The molecule has 2 aliphatic rings. The zero-order chi connectivity index (χ0) is 29.8. The van der Waals surface area contributed by atoms with Crippen molar-refractivity contribution in [1.29, 1.82) is 0 Å². The van der Waals surface area contributed by atoms with Crippen molar-refractivity contribution < 1.29 is 46.1 Å². The van der Waals surface area contributed by atoms with Gasteiger partial charge in [-0.25, -0.2) is 14.6 Å². The quantitative estimate of drug-likeness (QED) is 0.443. The van der Waals surface area contributed by atoms with Gasteiger partial charge in [-0.1, -0.05) is 5.21 Å². The van der Waals surface area contributed by atoms with Crippen molar-refractivity contribution >= 4 is 17.8 Å². The predicted octanol–water partition coefficient (Wildman–Crippen LogP) is 2.05. The van der Waals surface area contributed by atoms with Gasteiger partial charge in [0.15, 0.2) is 0 Å². The van der Waals surface area contributed by atoms with Gasteiger partial charge in [-0.05, 0) is 38.3 Å². The van der Waals surface area contributed by atoms with Gasteiger partial charge in [-0.2, -0.15) is 26.3 Å². The van der Waals surface area contributed by atoms with Crippen LogP contribution in [0.4, 0.5) is 32.2 Å². The smallest absolute Gasteiger partial charge is 0.475 e. The number of carboxylic acid groups (broad SMARTS) is 2. The van der Waals surface area contributed by atoms with Gasteiger partial charge in [0.05, 0.1) is 11.9 Å². The zero-order valence-electron chi connectivity index (χ0n) is 21.3. The van der Waals surface area contributed by atoms with Crippen molar-refractivity contribution in [2.24, 2.45) is 5.92 Å². The van der Waals surface area contributed by atoms with E-state index in [1.807, 2.05) is 10.9 Å². The van der Waals surface area contributed by atoms with Crippen LogP contribution in [0.5, 0.6) is 0 Å². The number of carboxylic acids is 2. The van der Waals surface area contributed by atoms with Crippen LogP contribution in [0.2, 0.25) is 0 Å².